The third-order valence-electron chi connectivity index (χ3n) is 4.10. The number of nitrogens with two attached hydrogens (primary N) is 1. The summed E-state index contributed by atoms with van der Waals surface area (Å²) in [7, 11) is 0. The van der Waals surface area contributed by atoms with Crippen LogP contribution in [-0.4, -0.2) is 16.1 Å². The molecule has 1 heterocycles. The normalized spacial score (nSPS) is 13.2. The van der Waals surface area contributed by atoms with Crippen LogP contribution in [0.5, 0.6) is 5.75 Å². The Kier molecular flexibility index (Phi) is 6.11. The average Bonchev–Trinajstić information content (AvgIpc) is 2.66. The number of pyridine rings is 1. The summed E-state index contributed by atoms with van der Waals surface area (Å²) in [4.78, 5) is 4.23. The minimum absolute atomic E-state index is 0.121. The van der Waals surface area contributed by atoms with Crippen LogP contribution in [0.25, 0.3) is 0 Å². The Bertz CT molecular complexity index is 853. The van der Waals surface area contributed by atoms with E-state index in [0.717, 1.165) is 17.4 Å². The molecule has 0 saturated carbocycles. The van der Waals surface area contributed by atoms with Crippen LogP contribution >= 0.6 is 0 Å². The quantitative estimate of drug-likeness (QED) is 0.668. The third-order valence-corrected chi connectivity index (χ3v) is 4.10. The number of benzene rings is 2. The van der Waals surface area contributed by atoms with Crippen LogP contribution in [0.1, 0.15) is 22.9 Å². The van der Waals surface area contributed by atoms with Crippen molar-refractivity contribution in [3.05, 3.63) is 95.3 Å². The van der Waals surface area contributed by atoms with Crippen LogP contribution in [0.4, 0.5) is 8.78 Å². The fourth-order valence-corrected chi connectivity index (χ4v) is 2.71. The molecule has 4 nitrogen and oxygen atoms in total. The first-order chi connectivity index (χ1) is 13.0. The maximum atomic E-state index is 13.3. The molecule has 0 amide bonds. The lowest BCUT2D eigenvalue weighted by Gasteiger charge is -2.19. The highest BCUT2D eigenvalue weighted by Crippen LogP contribution is 2.19. The number of halogens is 2. The highest BCUT2D eigenvalue weighted by Gasteiger charge is 2.19. The molecular weight excluding hydrogens is 350 g/mol. The summed E-state index contributed by atoms with van der Waals surface area (Å²) < 4.78 is 32.2. The first-order valence-electron chi connectivity index (χ1n) is 8.52. The van der Waals surface area contributed by atoms with Gasteiger partial charge in [-0.3, -0.25) is 4.98 Å². The first kappa shape index (κ1) is 18.9. The number of aromatic nitrogens is 1. The van der Waals surface area contributed by atoms with Gasteiger partial charge in [-0.25, -0.2) is 8.78 Å². The zero-order chi connectivity index (χ0) is 19.2. The van der Waals surface area contributed by atoms with Crippen molar-refractivity contribution < 1.29 is 18.6 Å². The van der Waals surface area contributed by atoms with Crippen LogP contribution in [0.2, 0.25) is 0 Å². The van der Waals surface area contributed by atoms with Gasteiger partial charge in [0.25, 0.3) is 0 Å². The summed E-state index contributed by atoms with van der Waals surface area (Å²) >= 11 is 0. The molecule has 0 fully saturated rings. The molecule has 6 heteroatoms. The van der Waals surface area contributed by atoms with Gasteiger partial charge in [0, 0.05) is 23.9 Å². The van der Waals surface area contributed by atoms with Gasteiger partial charge in [-0.2, -0.15) is 0 Å². The third kappa shape index (κ3) is 5.32. The molecule has 1 unspecified atom stereocenters. The summed E-state index contributed by atoms with van der Waals surface area (Å²) in [5, 5.41) is 10.4. The lowest BCUT2D eigenvalue weighted by atomic mass is 9.99. The Balaban J connectivity index is 1.60. The molecule has 0 aliphatic carbocycles. The summed E-state index contributed by atoms with van der Waals surface area (Å²) in [6.07, 6.45) is 0.673. The molecule has 140 valence electrons. The molecule has 0 aliphatic rings. The smallest absolute Gasteiger partial charge is 0.126 e. The number of hydrogen-bond donors (Lipinski definition) is 2. The lowest BCUT2D eigenvalue weighted by Crippen LogP contribution is -2.31. The van der Waals surface area contributed by atoms with E-state index >= 15 is 0 Å². The zero-order valence-electron chi connectivity index (χ0n) is 14.6. The summed E-state index contributed by atoms with van der Waals surface area (Å²) in [6, 6.07) is 15.3. The number of hydrogen-bond acceptors (Lipinski definition) is 4. The van der Waals surface area contributed by atoms with Gasteiger partial charge < -0.3 is 15.6 Å². The molecule has 3 rings (SSSR count). The van der Waals surface area contributed by atoms with Crippen LogP contribution in [0, 0.1) is 11.6 Å². The van der Waals surface area contributed by atoms with Gasteiger partial charge in [-0.1, -0.05) is 24.3 Å². The molecule has 1 aromatic heterocycles. The highest BCUT2D eigenvalue weighted by atomic mass is 19.1. The molecule has 0 aliphatic heterocycles. The number of aliphatic hydroxyl groups is 1. The molecule has 27 heavy (non-hydrogen) atoms. The van der Waals surface area contributed by atoms with Crippen molar-refractivity contribution in [1.82, 2.24) is 4.98 Å². The number of ether oxygens (including phenoxy) is 1. The van der Waals surface area contributed by atoms with Gasteiger partial charge in [-0.15, -0.1) is 0 Å². The Labute approximate surface area is 156 Å². The van der Waals surface area contributed by atoms with Gasteiger partial charge in [0.1, 0.15) is 30.1 Å². The Morgan fingerprint density at radius 1 is 0.963 bits per heavy atom. The fraction of sp³-hybridized carbons (Fsp3) is 0.190. The largest absolute Gasteiger partial charge is 0.489 e. The lowest BCUT2D eigenvalue weighted by molar-refractivity contribution is 0.141. The number of rotatable bonds is 7. The van der Waals surface area contributed by atoms with Crippen LogP contribution < -0.4 is 10.5 Å². The van der Waals surface area contributed by atoms with Crippen molar-refractivity contribution in [1.29, 1.82) is 0 Å². The average molecular weight is 370 g/mol. The number of nitrogens with zero attached hydrogens (tertiary/aromatic N) is 1. The summed E-state index contributed by atoms with van der Waals surface area (Å²) in [5.41, 5.74) is 7.61. The SMILES string of the molecule is N[C@@H](Cc1cc(F)cc(F)c1)C(O)c1ccc(COc2ccccc2)cn1. The minimum atomic E-state index is -1.06. The van der Waals surface area contributed by atoms with Crippen molar-refractivity contribution >= 4 is 0 Å². The maximum Gasteiger partial charge on any atom is 0.126 e. The standard InChI is InChI=1S/C21H20F2N2O2/c22-16-8-15(9-17(23)11-16)10-19(24)21(26)20-7-6-14(12-25-20)13-27-18-4-2-1-3-5-18/h1-9,11-12,19,21,26H,10,13,24H2/t19-,21?/m0/s1. The number of para-hydroxylation sites is 1. The van der Waals surface area contributed by atoms with E-state index in [0.29, 0.717) is 17.9 Å². The van der Waals surface area contributed by atoms with E-state index in [2.05, 4.69) is 4.98 Å². The van der Waals surface area contributed by atoms with Crippen molar-refractivity contribution in [3.63, 3.8) is 0 Å². The Morgan fingerprint density at radius 3 is 2.30 bits per heavy atom. The van der Waals surface area contributed by atoms with Crippen LogP contribution in [0.3, 0.4) is 0 Å². The van der Waals surface area contributed by atoms with Crippen LogP contribution in [-0.2, 0) is 13.0 Å². The number of aliphatic hydroxyl groups excluding tert-OH is 1. The predicted octanol–water partition coefficient (Wildman–Crippen LogP) is 3.54. The second-order valence-corrected chi connectivity index (χ2v) is 6.28. The monoisotopic (exact) mass is 370 g/mol. The molecule has 0 spiro atoms. The molecule has 2 aromatic carbocycles. The molecule has 3 N–H and O–H groups in total. The minimum Gasteiger partial charge on any atom is -0.489 e. The molecular formula is C21H20F2N2O2. The van der Waals surface area contributed by atoms with E-state index in [4.69, 9.17) is 10.5 Å². The highest BCUT2D eigenvalue weighted by molar-refractivity contribution is 5.23. The van der Waals surface area contributed by atoms with E-state index in [9.17, 15) is 13.9 Å². The zero-order valence-corrected chi connectivity index (χ0v) is 14.6. The summed E-state index contributed by atoms with van der Waals surface area (Å²) in [5.74, 6) is -0.592. The van der Waals surface area contributed by atoms with Crippen molar-refractivity contribution in [2.45, 2.75) is 25.2 Å². The maximum absolute atomic E-state index is 13.3. The van der Waals surface area contributed by atoms with Crippen molar-refractivity contribution in [2.75, 3.05) is 0 Å². The molecule has 0 bridgehead atoms. The van der Waals surface area contributed by atoms with E-state index in [1.165, 1.54) is 12.1 Å². The van der Waals surface area contributed by atoms with Gasteiger partial charge >= 0.3 is 0 Å². The molecule has 0 radical (unpaired) electrons. The predicted molar refractivity (Wildman–Crippen MR) is 98.0 cm³/mol. The van der Waals surface area contributed by atoms with E-state index in [-0.39, 0.29) is 6.42 Å². The summed E-state index contributed by atoms with van der Waals surface area (Å²) in [6.45, 7) is 0.349. The first-order valence-corrected chi connectivity index (χ1v) is 8.52. The molecule has 3 aromatic rings. The topological polar surface area (TPSA) is 68.4 Å². The molecule has 2 atom stereocenters. The Hall–Kier alpha value is -2.83. The van der Waals surface area contributed by atoms with Gasteiger partial charge in [0.2, 0.25) is 0 Å². The van der Waals surface area contributed by atoms with E-state index in [1.54, 1.807) is 18.3 Å². The van der Waals surface area contributed by atoms with Gasteiger partial charge in [0.15, 0.2) is 0 Å². The Morgan fingerprint density at radius 2 is 1.67 bits per heavy atom. The second kappa shape index (κ2) is 8.70. The van der Waals surface area contributed by atoms with Crippen molar-refractivity contribution in [2.24, 2.45) is 5.73 Å². The van der Waals surface area contributed by atoms with E-state index < -0.39 is 23.8 Å². The fourth-order valence-electron chi connectivity index (χ4n) is 2.71. The van der Waals surface area contributed by atoms with Crippen LogP contribution in [0.15, 0.2) is 66.9 Å². The molecule has 0 saturated heterocycles. The second-order valence-electron chi connectivity index (χ2n) is 6.28. The van der Waals surface area contributed by atoms with Gasteiger partial charge in [0.05, 0.1) is 5.69 Å². The van der Waals surface area contributed by atoms with Crippen molar-refractivity contribution in [3.8, 4) is 5.75 Å². The van der Waals surface area contributed by atoms with Gasteiger partial charge in [-0.05, 0) is 42.3 Å². The van der Waals surface area contributed by atoms with E-state index in [1.807, 2.05) is 30.3 Å².